The summed E-state index contributed by atoms with van der Waals surface area (Å²) in [7, 11) is 1.68. The molecule has 1 saturated heterocycles. The highest BCUT2D eigenvalue weighted by Crippen LogP contribution is 2.41. The van der Waals surface area contributed by atoms with E-state index in [2.05, 4.69) is 4.90 Å². The third kappa shape index (κ3) is 3.28. The summed E-state index contributed by atoms with van der Waals surface area (Å²) in [4.78, 5) is 13.5. The zero-order chi connectivity index (χ0) is 14.7. The largest absolute Gasteiger partial charge is 0.388 e. The number of thiophene rings is 1. The van der Waals surface area contributed by atoms with E-state index < -0.39 is 6.10 Å². The van der Waals surface area contributed by atoms with Crippen LogP contribution in [0.15, 0.2) is 6.07 Å². The number of ether oxygens (including phenoxy) is 1. The molecular weight excluding hydrogens is 280 g/mol. The second-order valence-corrected chi connectivity index (χ2v) is 6.24. The van der Waals surface area contributed by atoms with E-state index >= 15 is 0 Å². The maximum absolute atomic E-state index is 11.2. The summed E-state index contributed by atoms with van der Waals surface area (Å²) in [6, 6.07) is 1.49. The fourth-order valence-electron chi connectivity index (χ4n) is 2.57. The molecular formula is C13H20N2O4S. The third-order valence-corrected chi connectivity index (χ3v) is 4.88. The fraction of sp³-hybridized carbons (Fsp3) is 0.692. The summed E-state index contributed by atoms with van der Waals surface area (Å²) >= 11 is 1.32. The number of piperidine rings is 1. The number of hydrogen-bond donors (Lipinski definition) is 1. The zero-order valence-electron chi connectivity index (χ0n) is 11.7. The lowest BCUT2D eigenvalue weighted by molar-refractivity contribution is -0.383. The van der Waals surface area contributed by atoms with Gasteiger partial charge in [0.05, 0.1) is 17.6 Å². The van der Waals surface area contributed by atoms with Crippen molar-refractivity contribution in [1.29, 1.82) is 0 Å². The minimum atomic E-state index is -0.674. The van der Waals surface area contributed by atoms with Gasteiger partial charge in [0.2, 0.25) is 0 Å². The molecule has 0 aromatic carbocycles. The molecule has 1 N–H and O–H groups in total. The lowest BCUT2D eigenvalue weighted by Crippen LogP contribution is -2.36. The summed E-state index contributed by atoms with van der Waals surface area (Å²) < 4.78 is 5.19. The lowest BCUT2D eigenvalue weighted by atomic mass is 9.99. The van der Waals surface area contributed by atoms with Gasteiger partial charge in [0.15, 0.2) is 5.00 Å². The van der Waals surface area contributed by atoms with Gasteiger partial charge in [-0.15, -0.1) is 11.3 Å². The first-order valence-corrected chi connectivity index (χ1v) is 7.54. The van der Waals surface area contributed by atoms with E-state index in [-0.39, 0.29) is 10.6 Å². The topological polar surface area (TPSA) is 75.8 Å². The van der Waals surface area contributed by atoms with Crippen LogP contribution in [-0.2, 0) is 4.74 Å². The van der Waals surface area contributed by atoms with E-state index in [0.29, 0.717) is 22.4 Å². The van der Waals surface area contributed by atoms with Crippen molar-refractivity contribution in [1.82, 2.24) is 0 Å². The highest BCUT2D eigenvalue weighted by atomic mass is 32.1. The molecule has 6 nitrogen and oxygen atoms in total. The number of nitrogens with zero attached hydrogens (tertiary/aromatic N) is 2. The Morgan fingerprint density at radius 1 is 1.70 bits per heavy atom. The van der Waals surface area contributed by atoms with E-state index in [1.807, 2.05) is 0 Å². The maximum Gasteiger partial charge on any atom is 0.304 e. The first-order chi connectivity index (χ1) is 9.52. The van der Waals surface area contributed by atoms with E-state index in [4.69, 9.17) is 4.74 Å². The molecule has 1 aliphatic heterocycles. The van der Waals surface area contributed by atoms with Gasteiger partial charge in [0.1, 0.15) is 0 Å². The molecule has 1 aliphatic rings. The Balaban J connectivity index is 2.24. The summed E-state index contributed by atoms with van der Waals surface area (Å²) in [6.07, 6.45) is 1.42. The van der Waals surface area contributed by atoms with E-state index in [9.17, 15) is 15.2 Å². The predicted octanol–water partition coefficient (Wildman–Crippen LogP) is 2.57. The first-order valence-electron chi connectivity index (χ1n) is 6.73. The Labute approximate surface area is 122 Å². The Bertz CT molecular complexity index is 473. The fourth-order valence-corrected chi connectivity index (χ4v) is 3.67. The molecule has 0 bridgehead atoms. The highest BCUT2D eigenvalue weighted by molar-refractivity contribution is 7.16. The molecule has 0 amide bonds. The van der Waals surface area contributed by atoms with Crippen molar-refractivity contribution in [2.75, 3.05) is 31.7 Å². The van der Waals surface area contributed by atoms with E-state index in [1.165, 1.54) is 17.4 Å². The van der Waals surface area contributed by atoms with Gasteiger partial charge in [-0.2, -0.15) is 0 Å². The summed E-state index contributed by atoms with van der Waals surface area (Å²) in [5, 5.41) is 21.5. The molecule has 1 aromatic rings. The van der Waals surface area contributed by atoms with Crippen LogP contribution in [0.1, 0.15) is 30.7 Å². The van der Waals surface area contributed by atoms with Gasteiger partial charge in [-0.3, -0.25) is 10.1 Å². The Hall–Kier alpha value is -1.18. The smallest absolute Gasteiger partial charge is 0.304 e. The Kier molecular flexibility index (Phi) is 4.95. The summed E-state index contributed by atoms with van der Waals surface area (Å²) in [5.41, 5.74) is 0.101. The zero-order valence-corrected chi connectivity index (χ0v) is 12.6. The highest BCUT2D eigenvalue weighted by Gasteiger charge is 2.29. The van der Waals surface area contributed by atoms with Crippen LogP contribution < -0.4 is 4.90 Å². The van der Waals surface area contributed by atoms with Crippen molar-refractivity contribution in [3.63, 3.8) is 0 Å². The van der Waals surface area contributed by atoms with Crippen LogP contribution in [0.5, 0.6) is 0 Å². The minimum absolute atomic E-state index is 0.101. The minimum Gasteiger partial charge on any atom is -0.388 e. The van der Waals surface area contributed by atoms with Crippen LogP contribution in [0.4, 0.5) is 10.7 Å². The van der Waals surface area contributed by atoms with Gasteiger partial charge in [-0.25, -0.2) is 0 Å². The average molecular weight is 300 g/mol. The molecule has 2 atom stereocenters. The van der Waals surface area contributed by atoms with Crippen molar-refractivity contribution >= 4 is 22.0 Å². The lowest BCUT2D eigenvalue weighted by Gasteiger charge is -2.32. The molecule has 112 valence electrons. The molecule has 0 radical (unpaired) electrons. The van der Waals surface area contributed by atoms with Gasteiger partial charge < -0.3 is 14.7 Å². The van der Waals surface area contributed by atoms with Crippen LogP contribution in [0.3, 0.4) is 0 Å². The maximum atomic E-state index is 11.2. The van der Waals surface area contributed by atoms with Crippen LogP contribution in [0.25, 0.3) is 0 Å². The third-order valence-electron chi connectivity index (χ3n) is 3.53. The summed E-state index contributed by atoms with van der Waals surface area (Å²) in [5.74, 6) is 0.408. The Morgan fingerprint density at radius 2 is 2.45 bits per heavy atom. The van der Waals surface area contributed by atoms with Gasteiger partial charge in [0, 0.05) is 31.1 Å². The Morgan fingerprint density at radius 3 is 3.05 bits per heavy atom. The monoisotopic (exact) mass is 300 g/mol. The molecule has 1 aromatic heterocycles. The molecule has 0 spiro atoms. The quantitative estimate of drug-likeness (QED) is 0.668. The molecule has 7 heteroatoms. The number of aliphatic hydroxyl groups is 1. The second kappa shape index (κ2) is 6.51. The van der Waals surface area contributed by atoms with Gasteiger partial charge in [0.25, 0.3) is 0 Å². The predicted molar refractivity (Wildman–Crippen MR) is 78.4 cm³/mol. The van der Waals surface area contributed by atoms with Gasteiger partial charge >= 0.3 is 5.69 Å². The van der Waals surface area contributed by atoms with Crippen molar-refractivity contribution in [2.24, 2.45) is 5.92 Å². The normalized spacial score (nSPS) is 20.9. The SMILES string of the molecule is COCC1CCCN(c2sc([C@@H](C)O)cc2[N+](=O)[O-])C1. The molecule has 20 heavy (non-hydrogen) atoms. The van der Waals surface area contributed by atoms with E-state index in [1.54, 1.807) is 14.0 Å². The molecule has 1 fully saturated rings. The van der Waals surface area contributed by atoms with Crippen LogP contribution in [-0.4, -0.2) is 36.8 Å². The molecule has 2 rings (SSSR count). The van der Waals surface area contributed by atoms with Crippen LogP contribution >= 0.6 is 11.3 Å². The van der Waals surface area contributed by atoms with Crippen LogP contribution in [0.2, 0.25) is 0 Å². The standard InChI is InChI=1S/C13H20N2O4S/c1-9(16)12-6-11(15(17)18)13(20-12)14-5-3-4-10(7-14)8-19-2/h6,9-10,16H,3-5,7-8H2,1-2H3/t9-,10?/m1/s1. The molecule has 0 aliphatic carbocycles. The van der Waals surface area contributed by atoms with Crippen LogP contribution in [0, 0.1) is 16.0 Å². The molecule has 1 unspecified atom stereocenters. The average Bonchev–Trinajstić information content (AvgIpc) is 2.85. The summed E-state index contributed by atoms with van der Waals surface area (Å²) in [6.45, 7) is 3.90. The number of nitro groups is 1. The van der Waals surface area contributed by atoms with Gasteiger partial charge in [-0.05, 0) is 25.7 Å². The van der Waals surface area contributed by atoms with Crippen molar-refractivity contribution in [3.05, 3.63) is 21.1 Å². The van der Waals surface area contributed by atoms with Crippen molar-refractivity contribution < 1.29 is 14.8 Å². The number of aliphatic hydroxyl groups excluding tert-OH is 1. The number of methoxy groups -OCH3 is 1. The number of hydrogen-bond acceptors (Lipinski definition) is 6. The van der Waals surface area contributed by atoms with Crippen molar-refractivity contribution in [2.45, 2.75) is 25.9 Å². The number of anilines is 1. The first kappa shape index (κ1) is 15.2. The number of rotatable bonds is 5. The van der Waals surface area contributed by atoms with E-state index in [0.717, 1.165) is 25.9 Å². The van der Waals surface area contributed by atoms with Gasteiger partial charge in [-0.1, -0.05) is 0 Å². The second-order valence-electron chi connectivity index (χ2n) is 5.18. The van der Waals surface area contributed by atoms with Crippen molar-refractivity contribution in [3.8, 4) is 0 Å². The molecule has 0 saturated carbocycles. The molecule has 2 heterocycles.